The summed E-state index contributed by atoms with van der Waals surface area (Å²) in [6.07, 6.45) is 11.3. The molecule has 1 heterocycles. The van der Waals surface area contributed by atoms with Gasteiger partial charge in [0.15, 0.2) is 0 Å². The molecule has 3 rings (SSSR count). The first-order chi connectivity index (χ1) is 10.6. The van der Waals surface area contributed by atoms with Crippen molar-refractivity contribution >= 4 is 5.91 Å². The highest BCUT2D eigenvalue weighted by Crippen LogP contribution is 2.34. The van der Waals surface area contributed by atoms with Gasteiger partial charge in [-0.05, 0) is 57.4 Å². The first-order valence-corrected chi connectivity index (χ1v) is 9.35. The van der Waals surface area contributed by atoms with Gasteiger partial charge in [0.1, 0.15) is 0 Å². The number of nitrogens with one attached hydrogen (secondary N) is 2. The Labute approximate surface area is 135 Å². The fourth-order valence-electron chi connectivity index (χ4n) is 4.99. The van der Waals surface area contributed by atoms with Crippen LogP contribution >= 0.6 is 0 Å². The molecule has 5 unspecified atom stereocenters. The molecule has 0 aromatic carbocycles. The average Bonchev–Trinajstić information content (AvgIpc) is 3.17. The molecule has 22 heavy (non-hydrogen) atoms. The summed E-state index contributed by atoms with van der Waals surface area (Å²) in [5.41, 5.74) is 0. The molecule has 3 aliphatic rings. The van der Waals surface area contributed by atoms with Crippen molar-refractivity contribution in [2.75, 3.05) is 20.6 Å². The summed E-state index contributed by atoms with van der Waals surface area (Å²) in [5.74, 6) is 1.38. The Morgan fingerprint density at radius 3 is 2.59 bits per heavy atom. The zero-order chi connectivity index (χ0) is 15.5. The third kappa shape index (κ3) is 3.65. The van der Waals surface area contributed by atoms with E-state index < -0.39 is 0 Å². The summed E-state index contributed by atoms with van der Waals surface area (Å²) in [4.78, 5) is 14.0. The third-order valence-electron chi connectivity index (χ3n) is 6.10. The van der Waals surface area contributed by atoms with Crippen LogP contribution in [0.2, 0.25) is 0 Å². The van der Waals surface area contributed by atoms with Crippen LogP contribution in [0.3, 0.4) is 0 Å². The Morgan fingerprint density at radius 1 is 1.05 bits per heavy atom. The van der Waals surface area contributed by atoms with Gasteiger partial charge in [-0.1, -0.05) is 12.8 Å². The topological polar surface area (TPSA) is 44.4 Å². The molecule has 4 heteroatoms. The Morgan fingerprint density at radius 2 is 1.86 bits per heavy atom. The van der Waals surface area contributed by atoms with E-state index in [1.807, 2.05) is 14.1 Å². The van der Waals surface area contributed by atoms with E-state index in [-0.39, 0.29) is 5.92 Å². The van der Waals surface area contributed by atoms with E-state index in [9.17, 15) is 4.79 Å². The Balaban J connectivity index is 1.54. The second kappa shape index (κ2) is 7.31. The summed E-state index contributed by atoms with van der Waals surface area (Å²) in [5, 5.41) is 7.66. The molecule has 1 aliphatic heterocycles. The monoisotopic (exact) mass is 307 g/mol. The SMILES string of the molecule is CN(C)C(=O)C1CCCC(NC2CCCC2C2CCCN2)C1. The van der Waals surface area contributed by atoms with Gasteiger partial charge in [-0.25, -0.2) is 0 Å². The molecule has 1 saturated heterocycles. The highest BCUT2D eigenvalue weighted by Gasteiger charge is 2.37. The van der Waals surface area contributed by atoms with Crippen molar-refractivity contribution in [2.45, 2.75) is 75.9 Å². The molecule has 126 valence electrons. The van der Waals surface area contributed by atoms with E-state index in [2.05, 4.69) is 10.6 Å². The van der Waals surface area contributed by atoms with Crippen LogP contribution in [0.15, 0.2) is 0 Å². The largest absolute Gasteiger partial charge is 0.349 e. The molecule has 5 atom stereocenters. The predicted molar refractivity (Wildman–Crippen MR) is 89.7 cm³/mol. The second-order valence-electron chi connectivity index (χ2n) is 7.86. The number of rotatable bonds is 4. The van der Waals surface area contributed by atoms with Crippen molar-refractivity contribution in [1.82, 2.24) is 15.5 Å². The van der Waals surface area contributed by atoms with Crippen molar-refractivity contribution in [3.63, 3.8) is 0 Å². The molecule has 0 radical (unpaired) electrons. The lowest BCUT2D eigenvalue weighted by Gasteiger charge is -2.35. The van der Waals surface area contributed by atoms with Crippen LogP contribution in [-0.2, 0) is 4.79 Å². The van der Waals surface area contributed by atoms with E-state index in [1.165, 1.54) is 51.5 Å². The van der Waals surface area contributed by atoms with Gasteiger partial charge < -0.3 is 15.5 Å². The van der Waals surface area contributed by atoms with Crippen LogP contribution in [-0.4, -0.2) is 49.6 Å². The minimum Gasteiger partial charge on any atom is -0.349 e. The molecule has 0 aromatic heterocycles. The fraction of sp³-hybridized carbons (Fsp3) is 0.944. The van der Waals surface area contributed by atoms with Crippen molar-refractivity contribution in [2.24, 2.45) is 11.8 Å². The van der Waals surface area contributed by atoms with Gasteiger partial charge >= 0.3 is 0 Å². The van der Waals surface area contributed by atoms with Crippen LogP contribution in [0.5, 0.6) is 0 Å². The van der Waals surface area contributed by atoms with E-state index in [1.54, 1.807) is 4.90 Å². The summed E-state index contributed by atoms with van der Waals surface area (Å²) < 4.78 is 0. The zero-order valence-corrected chi connectivity index (χ0v) is 14.3. The second-order valence-corrected chi connectivity index (χ2v) is 7.86. The van der Waals surface area contributed by atoms with Crippen LogP contribution in [0.1, 0.15) is 57.8 Å². The van der Waals surface area contributed by atoms with E-state index in [0.717, 1.165) is 24.8 Å². The molecule has 2 N–H and O–H groups in total. The van der Waals surface area contributed by atoms with Gasteiger partial charge in [0.05, 0.1) is 0 Å². The lowest BCUT2D eigenvalue weighted by Crippen LogP contribution is -2.48. The molecular formula is C18H33N3O. The normalized spacial score (nSPS) is 39.1. The molecular weight excluding hydrogens is 274 g/mol. The standard InChI is InChI=1S/C18H33N3O/c1-21(2)18(22)13-6-3-7-14(12-13)20-17-9-4-8-15(17)16-10-5-11-19-16/h13-17,19-20H,3-12H2,1-2H3. The molecule has 2 saturated carbocycles. The van der Waals surface area contributed by atoms with Crippen molar-refractivity contribution < 1.29 is 4.79 Å². The zero-order valence-electron chi connectivity index (χ0n) is 14.3. The molecule has 2 aliphatic carbocycles. The van der Waals surface area contributed by atoms with Gasteiger partial charge in [0.2, 0.25) is 5.91 Å². The smallest absolute Gasteiger partial charge is 0.225 e. The summed E-state index contributed by atoms with van der Waals surface area (Å²) >= 11 is 0. The van der Waals surface area contributed by atoms with Crippen LogP contribution in [0.4, 0.5) is 0 Å². The fourth-order valence-corrected chi connectivity index (χ4v) is 4.99. The quantitative estimate of drug-likeness (QED) is 0.836. The van der Waals surface area contributed by atoms with Gasteiger partial charge in [-0.3, -0.25) is 4.79 Å². The maximum atomic E-state index is 12.2. The van der Waals surface area contributed by atoms with E-state index in [4.69, 9.17) is 0 Å². The molecule has 0 spiro atoms. The van der Waals surface area contributed by atoms with Crippen LogP contribution in [0, 0.1) is 11.8 Å². The number of carbonyl (C=O) groups excluding carboxylic acids is 1. The molecule has 0 bridgehead atoms. The Bertz CT molecular complexity index is 379. The number of amides is 1. The minimum atomic E-state index is 0.241. The number of nitrogens with zero attached hydrogens (tertiary/aromatic N) is 1. The molecule has 1 amide bonds. The Kier molecular flexibility index (Phi) is 5.40. The summed E-state index contributed by atoms with van der Waals surface area (Å²) in [6, 6.07) is 1.96. The van der Waals surface area contributed by atoms with Gasteiger partial charge in [-0.2, -0.15) is 0 Å². The summed E-state index contributed by atoms with van der Waals surface area (Å²) in [7, 11) is 3.77. The van der Waals surface area contributed by atoms with E-state index >= 15 is 0 Å². The van der Waals surface area contributed by atoms with Crippen LogP contribution in [0.25, 0.3) is 0 Å². The first kappa shape index (κ1) is 16.3. The minimum absolute atomic E-state index is 0.241. The predicted octanol–water partition coefficient (Wildman–Crippen LogP) is 2.14. The summed E-state index contributed by atoms with van der Waals surface area (Å²) in [6.45, 7) is 1.21. The van der Waals surface area contributed by atoms with Gasteiger partial charge in [0, 0.05) is 38.1 Å². The first-order valence-electron chi connectivity index (χ1n) is 9.35. The van der Waals surface area contributed by atoms with Crippen molar-refractivity contribution in [3.8, 4) is 0 Å². The molecule has 3 fully saturated rings. The number of hydrogen-bond donors (Lipinski definition) is 2. The van der Waals surface area contributed by atoms with Gasteiger partial charge in [0.25, 0.3) is 0 Å². The molecule has 0 aromatic rings. The van der Waals surface area contributed by atoms with Gasteiger partial charge in [-0.15, -0.1) is 0 Å². The highest BCUT2D eigenvalue weighted by atomic mass is 16.2. The Hall–Kier alpha value is -0.610. The maximum Gasteiger partial charge on any atom is 0.225 e. The van der Waals surface area contributed by atoms with Crippen LogP contribution < -0.4 is 10.6 Å². The third-order valence-corrected chi connectivity index (χ3v) is 6.10. The number of carbonyl (C=O) groups is 1. The lowest BCUT2D eigenvalue weighted by atomic mass is 9.83. The van der Waals surface area contributed by atoms with Crippen molar-refractivity contribution in [3.05, 3.63) is 0 Å². The average molecular weight is 307 g/mol. The van der Waals surface area contributed by atoms with E-state index in [0.29, 0.717) is 18.0 Å². The van der Waals surface area contributed by atoms with Crippen molar-refractivity contribution in [1.29, 1.82) is 0 Å². The maximum absolute atomic E-state index is 12.2. The molecule has 4 nitrogen and oxygen atoms in total. The highest BCUT2D eigenvalue weighted by molar-refractivity contribution is 5.78. The lowest BCUT2D eigenvalue weighted by molar-refractivity contribution is -0.134. The number of hydrogen-bond acceptors (Lipinski definition) is 3.